The van der Waals surface area contributed by atoms with Crippen LogP contribution in [0.5, 0.6) is 11.5 Å². The predicted octanol–water partition coefficient (Wildman–Crippen LogP) is 4.50. The van der Waals surface area contributed by atoms with Crippen LogP contribution in [-0.2, 0) is 4.57 Å². The molecule has 0 aliphatic heterocycles. The number of ether oxygens (including phenoxy) is 1. The molecule has 0 aliphatic rings. The van der Waals surface area contributed by atoms with E-state index in [2.05, 4.69) is 4.90 Å². The fourth-order valence-electron chi connectivity index (χ4n) is 3.59. The molecular weight excluding hydrogens is 437 g/mol. The van der Waals surface area contributed by atoms with Crippen LogP contribution >= 0.6 is 7.60 Å². The molecule has 0 aromatic heterocycles. The molecule has 0 spiro atoms. The van der Waals surface area contributed by atoms with Crippen molar-refractivity contribution in [3.63, 3.8) is 0 Å². The number of hydrogen-bond donors (Lipinski definition) is 3. The fraction of sp³-hybridized carbons (Fsp3) is 0.231. The van der Waals surface area contributed by atoms with Crippen LogP contribution in [0.2, 0.25) is 0 Å². The van der Waals surface area contributed by atoms with Crippen molar-refractivity contribution in [3.8, 4) is 11.5 Å². The lowest BCUT2D eigenvalue weighted by molar-refractivity contribution is 0.261. The molecule has 0 amide bonds. The largest absolute Gasteiger partial charge is 0.508 e. The normalized spacial score (nSPS) is 12.5. The molecule has 0 bridgehead atoms. The van der Waals surface area contributed by atoms with Crippen molar-refractivity contribution < 1.29 is 24.2 Å². The fourth-order valence-corrected chi connectivity index (χ4v) is 4.13. The molecular formula is C26H30NO5P. The maximum absolute atomic E-state index is 11.6. The van der Waals surface area contributed by atoms with Crippen molar-refractivity contribution in [2.75, 3.05) is 27.2 Å². The van der Waals surface area contributed by atoms with Gasteiger partial charge in [0.1, 0.15) is 18.1 Å². The van der Waals surface area contributed by atoms with E-state index < -0.39 is 7.60 Å². The summed E-state index contributed by atoms with van der Waals surface area (Å²) >= 11 is 0. The third-order valence-electron chi connectivity index (χ3n) is 5.31. The van der Waals surface area contributed by atoms with E-state index in [4.69, 9.17) is 4.74 Å². The van der Waals surface area contributed by atoms with Gasteiger partial charge in [-0.2, -0.15) is 0 Å². The lowest BCUT2D eigenvalue weighted by atomic mass is 9.88. The number of benzene rings is 3. The minimum atomic E-state index is -4.30. The molecule has 0 aliphatic carbocycles. The Morgan fingerprint density at radius 1 is 0.848 bits per heavy atom. The smallest absolute Gasteiger partial charge is 0.356 e. The Labute approximate surface area is 194 Å². The van der Waals surface area contributed by atoms with Crippen LogP contribution < -0.4 is 10.0 Å². The maximum atomic E-state index is 11.6. The van der Waals surface area contributed by atoms with Gasteiger partial charge in [-0.25, -0.2) is 0 Å². The Morgan fingerprint density at radius 2 is 1.36 bits per heavy atom. The van der Waals surface area contributed by atoms with E-state index in [1.54, 1.807) is 24.3 Å². The van der Waals surface area contributed by atoms with E-state index >= 15 is 0 Å². The Hall–Kier alpha value is -2.89. The standard InChI is InChI=1S/C26H30NO5P/c1-4-25(19-9-15-24(16-10-19)33(29,30)31)26(20-5-11-22(28)12-6-20)21-7-13-23(14-8-21)32-18-17-27(2)3/h5-16,28H,4,17-18H2,1-3H3,(H2,29,30,31)/b26-25-. The molecule has 3 N–H and O–H groups in total. The Balaban J connectivity index is 2.06. The highest BCUT2D eigenvalue weighted by Crippen LogP contribution is 2.37. The highest BCUT2D eigenvalue weighted by Gasteiger charge is 2.18. The average molecular weight is 468 g/mol. The first-order chi connectivity index (χ1) is 15.7. The molecule has 0 heterocycles. The van der Waals surface area contributed by atoms with Crippen molar-refractivity contribution >= 4 is 24.0 Å². The SMILES string of the molecule is CC/C(=C(\c1ccc(O)cc1)c1ccc(OCCN(C)C)cc1)c1ccc(P(=O)(O)O)cc1. The van der Waals surface area contributed by atoms with Gasteiger partial charge in [-0.05, 0) is 84.8 Å². The highest BCUT2D eigenvalue weighted by atomic mass is 31.2. The van der Waals surface area contributed by atoms with Crippen LogP contribution in [-0.4, -0.2) is 47.0 Å². The second-order valence-corrected chi connectivity index (χ2v) is 9.63. The molecule has 174 valence electrons. The van der Waals surface area contributed by atoms with Gasteiger partial charge in [-0.3, -0.25) is 4.57 Å². The zero-order valence-corrected chi connectivity index (χ0v) is 20.0. The molecule has 0 saturated carbocycles. The number of likely N-dealkylation sites (N-methyl/N-ethyl adjacent to an activating group) is 1. The lowest BCUT2D eigenvalue weighted by Gasteiger charge is -2.17. The van der Waals surface area contributed by atoms with E-state index in [0.717, 1.165) is 40.1 Å². The second-order valence-electron chi connectivity index (χ2n) is 8.02. The summed E-state index contributed by atoms with van der Waals surface area (Å²) in [6, 6.07) is 21.4. The van der Waals surface area contributed by atoms with Gasteiger partial charge in [0.2, 0.25) is 0 Å². The van der Waals surface area contributed by atoms with Gasteiger partial charge in [-0.15, -0.1) is 0 Å². The van der Waals surface area contributed by atoms with Crippen LogP contribution in [0.4, 0.5) is 0 Å². The minimum Gasteiger partial charge on any atom is -0.508 e. The van der Waals surface area contributed by atoms with Gasteiger partial charge in [-0.1, -0.05) is 43.3 Å². The molecule has 6 nitrogen and oxygen atoms in total. The van der Waals surface area contributed by atoms with Crippen LogP contribution in [0.1, 0.15) is 30.0 Å². The number of nitrogens with zero attached hydrogens (tertiary/aromatic N) is 1. The Kier molecular flexibility index (Phi) is 8.11. The molecule has 0 atom stereocenters. The van der Waals surface area contributed by atoms with Crippen LogP contribution in [0.15, 0.2) is 72.8 Å². The van der Waals surface area contributed by atoms with E-state index in [9.17, 15) is 19.5 Å². The number of aromatic hydroxyl groups is 1. The summed E-state index contributed by atoms with van der Waals surface area (Å²) in [6.07, 6.45) is 0.701. The average Bonchev–Trinajstić information content (AvgIpc) is 2.78. The van der Waals surface area contributed by atoms with E-state index in [1.807, 2.05) is 57.4 Å². The van der Waals surface area contributed by atoms with Gasteiger partial charge in [0, 0.05) is 6.54 Å². The van der Waals surface area contributed by atoms with Crippen LogP contribution in [0, 0.1) is 0 Å². The van der Waals surface area contributed by atoms with Gasteiger partial charge < -0.3 is 24.5 Å². The first-order valence-corrected chi connectivity index (χ1v) is 12.4. The summed E-state index contributed by atoms with van der Waals surface area (Å²) in [6.45, 7) is 3.47. The van der Waals surface area contributed by atoms with Crippen molar-refractivity contribution in [3.05, 3.63) is 89.5 Å². The number of rotatable bonds is 9. The molecule has 0 saturated heterocycles. The first-order valence-electron chi connectivity index (χ1n) is 10.8. The molecule has 7 heteroatoms. The monoisotopic (exact) mass is 467 g/mol. The first kappa shape index (κ1) is 24.7. The van der Waals surface area contributed by atoms with Gasteiger partial charge in [0.05, 0.1) is 5.30 Å². The zero-order valence-electron chi connectivity index (χ0n) is 19.1. The number of allylic oxidation sites excluding steroid dienone is 1. The van der Waals surface area contributed by atoms with Crippen LogP contribution in [0.25, 0.3) is 11.1 Å². The molecule has 3 aromatic carbocycles. The Bertz CT molecular complexity index is 1130. The van der Waals surface area contributed by atoms with Gasteiger partial charge in [0.15, 0.2) is 0 Å². The van der Waals surface area contributed by atoms with Crippen LogP contribution in [0.3, 0.4) is 0 Å². The van der Waals surface area contributed by atoms with Gasteiger partial charge in [0.25, 0.3) is 0 Å². The van der Waals surface area contributed by atoms with Crippen molar-refractivity contribution in [1.29, 1.82) is 0 Å². The lowest BCUT2D eigenvalue weighted by Crippen LogP contribution is -2.19. The summed E-state index contributed by atoms with van der Waals surface area (Å²) < 4.78 is 17.4. The third-order valence-corrected chi connectivity index (χ3v) is 6.28. The second kappa shape index (κ2) is 10.8. The number of hydrogen-bond acceptors (Lipinski definition) is 4. The number of phenols is 1. The summed E-state index contributed by atoms with van der Waals surface area (Å²) in [4.78, 5) is 21.0. The Morgan fingerprint density at radius 3 is 1.85 bits per heavy atom. The van der Waals surface area contributed by atoms with E-state index in [0.29, 0.717) is 13.0 Å². The minimum absolute atomic E-state index is 0.00730. The molecule has 0 unspecified atom stereocenters. The van der Waals surface area contributed by atoms with E-state index in [-0.39, 0.29) is 11.1 Å². The zero-order chi connectivity index (χ0) is 24.0. The quantitative estimate of drug-likeness (QED) is 0.317. The van der Waals surface area contributed by atoms with Crippen molar-refractivity contribution in [2.45, 2.75) is 13.3 Å². The molecule has 3 aromatic rings. The molecule has 3 rings (SSSR count). The van der Waals surface area contributed by atoms with Gasteiger partial charge >= 0.3 is 7.60 Å². The van der Waals surface area contributed by atoms with Crippen molar-refractivity contribution in [2.24, 2.45) is 0 Å². The molecule has 0 fully saturated rings. The third kappa shape index (κ3) is 6.56. The van der Waals surface area contributed by atoms with E-state index in [1.165, 1.54) is 12.1 Å². The predicted molar refractivity (Wildman–Crippen MR) is 133 cm³/mol. The summed E-state index contributed by atoms with van der Waals surface area (Å²) in [7, 11) is -0.304. The summed E-state index contributed by atoms with van der Waals surface area (Å²) in [5.41, 5.74) is 4.81. The molecule has 0 radical (unpaired) electrons. The maximum Gasteiger partial charge on any atom is 0.356 e. The number of phenolic OH excluding ortho intramolecular Hbond substituents is 1. The summed E-state index contributed by atoms with van der Waals surface area (Å²) in [5.74, 6) is 0.974. The summed E-state index contributed by atoms with van der Waals surface area (Å²) in [5, 5.41) is 9.77. The van der Waals surface area contributed by atoms with Crippen molar-refractivity contribution in [1.82, 2.24) is 4.90 Å². The topological polar surface area (TPSA) is 90.2 Å². The highest BCUT2D eigenvalue weighted by molar-refractivity contribution is 7.60. The molecule has 33 heavy (non-hydrogen) atoms.